The molecule has 1 rings (SSSR count). The molecule has 0 unspecified atom stereocenters. The zero-order valence-corrected chi connectivity index (χ0v) is 19.8. The van der Waals surface area contributed by atoms with E-state index in [9.17, 15) is 12.8 Å². The van der Waals surface area contributed by atoms with Gasteiger partial charge in [0.25, 0.3) is 0 Å². The Hall–Kier alpha value is -1.10. The second-order valence-electron chi connectivity index (χ2n) is 6.89. The number of halogens is 2. The summed E-state index contributed by atoms with van der Waals surface area (Å²) in [5.74, 6) is 0.921. The molecular formula is C18H31FIN3O3S. The van der Waals surface area contributed by atoms with Crippen LogP contribution in [0.15, 0.2) is 29.3 Å². The molecule has 0 atom stereocenters. The lowest BCUT2D eigenvalue weighted by Gasteiger charge is -2.23. The summed E-state index contributed by atoms with van der Waals surface area (Å²) in [7, 11) is -1.34. The van der Waals surface area contributed by atoms with Crippen molar-refractivity contribution in [1.29, 1.82) is 0 Å². The van der Waals surface area contributed by atoms with Gasteiger partial charge in [0, 0.05) is 13.6 Å². The topological polar surface area (TPSA) is 71.0 Å². The second-order valence-corrected chi connectivity index (χ2v) is 9.75. The highest BCUT2D eigenvalue weighted by Gasteiger charge is 2.28. The van der Waals surface area contributed by atoms with E-state index in [2.05, 4.69) is 10.3 Å². The normalized spacial score (nSPS) is 12.3. The third-order valence-electron chi connectivity index (χ3n) is 3.76. The Morgan fingerprint density at radius 3 is 2.37 bits per heavy atom. The van der Waals surface area contributed by atoms with Crippen molar-refractivity contribution in [3.8, 4) is 5.75 Å². The highest BCUT2D eigenvalue weighted by Crippen LogP contribution is 2.15. The van der Waals surface area contributed by atoms with Crippen molar-refractivity contribution < 1.29 is 17.5 Å². The molecule has 156 valence electrons. The van der Waals surface area contributed by atoms with Gasteiger partial charge in [-0.25, -0.2) is 12.8 Å². The molecule has 0 amide bonds. The standard InChI is InChI=1S/C18H30FN3O3S.HI/c1-6-20-17(21-11-14-26(23,24)18(2,3)4)22(5)12-13-25-16-9-7-15(19)8-10-16;/h7-10H,6,11-14H2,1-5H3,(H,20,21);1H. The predicted molar refractivity (Wildman–Crippen MR) is 119 cm³/mol. The fourth-order valence-corrected chi connectivity index (χ4v) is 2.93. The first-order valence-corrected chi connectivity index (χ1v) is 10.3. The third-order valence-corrected chi connectivity index (χ3v) is 6.35. The number of sulfone groups is 1. The molecule has 0 aliphatic carbocycles. The van der Waals surface area contributed by atoms with Crippen LogP contribution < -0.4 is 10.1 Å². The second kappa shape index (κ2) is 11.7. The molecule has 0 bridgehead atoms. The van der Waals surface area contributed by atoms with E-state index in [1.807, 2.05) is 18.9 Å². The molecule has 0 aliphatic rings. The van der Waals surface area contributed by atoms with Gasteiger partial charge in [-0.2, -0.15) is 0 Å². The number of nitrogens with one attached hydrogen (secondary N) is 1. The number of likely N-dealkylation sites (N-methyl/N-ethyl adjacent to an activating group) is 1. The Morgan fingerprint density at radius 1 is 1.26 bits per heavy atom. The maximum Gasteiger partial charge on any atom is 0.193 e. The molecule has 9 heteroatoms. The van der Waals surface area contributed by atoms with Crippen molar-refractivity contribution in [1.82, 2.24) is 10.2 Å². The summed E-state index contributed by atoms with van der Waals surface area (Å²) < 4.78 is 42.0. The van der Waals surface area contributed by atoms with Gasteiger partial charge in [0.15, 0.2) is 15.8 Å². The summed E-state index contributed by atoms with van der Waals surface area (Å²) in [6.07, 6.45) is 0. The molecule has 0 saturated heterocycles. The Labute approximate surface area is 179 Å². The van der Waals surface area contributed by atoms with E-state index < -0.39 is 14.6 Å². The van der Waals surface area contributed by atoms with Gasteiger partial charge < -0.3 is 15.0 Å². The molecule has 0 radical (unpaired) electrons. The highest BCUT2D eigenvalue weighted by atomic mass is 127. The Balaban J connectivity index is 0.00000676. The van der Waals surface area contributed by atoms with Gasteiger partial charge in [-0.05, 0) is 52.0 Å². The zero-order chi connectivity index (χ0) is 19.8. The lowest BCUT2D eigenvalue weighted by atomic mass is 10.3. The zero-order valence-electron chi connectivity index (χ0n) is 16.7. The summed E-state index contributed by atoms with van der Waals surface area (Å²) >= 11 is 0. The summed E-state index contributed by atoms with van der Waals surface area (Å²) in [6.45, 7) is 8.84. The molecule has 0 aliphatic heterocycles. The first kappa shape index (κ1) is 25.9. The minimum atomic E-state index is -3.20. The van der Waals surface area contributed by atoms with Crippen LogP contribution in [-0.2, 0) is 9.84 Å². The minimum Gasteiger partial charge on any atom is -0.492 e. The van der Waals surface area contributed by atoms with Crippen LogP contribution in [0.3, 0.4) is 0 Å². The maximum absolute atomic E-state index is 12.9. The van der Waals surface area contributed by atoms with Gasteiger partial charge in [-0.1, -0.05) is 0 Å². The number of nitrogens with zero attached hydrogens (tertiary/aromatic N) is 2. The van der Waals surface area contributed by atoms with Crippen LogP contribution in [0, 0.1) is 5.82 Å². The number of aliphatic imine (C=N–C) groups is 1. The van der Waals surface area contributed by atoms with Crippen molar-refractivity contribution >= 4 is 39.8 Å². The van der Waals surface area contributed by atoms with Gasteiger partial charge in [-0.15, -0.1) is 24.0 Å². The lowest BCUT2D eigenvalue weighted by Crippen LogP contribution is -2.41. The SMILES string of the molecule is CCNC(=NCCS(=O)(=O)C(C)(C)C)N(C)CCOc1ccc(F)cc1.I. The Kier molecular flexibility index (Phi) is 11.2. The van der Waals surface area contributed by atoms with Crippen molar-refractivity contribution in [3.05, 3.63) is 30.1 Å². The number of rotatable bonds is 8. The Bertz CT molecular complexity index is 689. The average Bonchev–Trinajstić information content (AvgIpc) is 2.54. The van der Waals surface area contributed by atoms with Crippen LogP contribution in [0.2, 0.25) is 0 Å². The third kappa shape index (κ3) is 9.09. The van der Waals surface area contributed by atoms with E-state index in [1.54, 1.807) is 32.9 Å². The molecular weight excluding hydrogens is 484 g/mol. The summed E-state index contributed by atoms with van der Waals surface area (Å²) in [5, 5.41) is 3.14. The fraction of sp³-hybridized carbons (Fsp3) is 0.611. The van der Waals surface area contributed by atoms with Gasteiger partial charge in [0.05, 0.1) is 23.6 Å². The van der Waals surface area contributed by atoms with E-state index >= 15 is 0 Å². The number of hydrogen-bond donors (Lipinski definition) is 1. The summed E-state index contributed by atoms with van der Waals surface area (Å²) in [5.41, 5.74) is 0. The van der Waals surface area contributed by atoms with Crippen molar-refractivity contribution in [2.75, 3.05) is 39.0 Å². The lowest BCUT2D eigenvalue weighted by molar-refractivity contribution is 0.281. The van der Waals surface area contributed by atoms with Crippen molar-refractivity contribution in [2.45, 2.75) is 32.4 Å². The van der Waals surface area contributed by atoms with E-state index in [1.165, 1.54) is 12.1 Å². The number of benzene rings is 1. The van der Waals surface area contributed by atoms with E-state index in [4.69, 9.17) is 4.74 Å². The van der Waals surface area contributed by atoms with E-state index in [0.717, 1.165) is 0 Å². The minimum absolute atomic E-state index is 0. The summed E-state index contributed by atoms with van der Waals surface area (Å²) in [6, 6.07) is 5.85. The molecule has 1 N–H and O–H groups in total. The smallest absolute Gasteiger partial charge is 0.193 e. The summed E-state index contributed by atoms with van der Waals surface area (Å²) in [4.78, 5) is 6.27. The van der Waals surface area contributed by atoms with Gasteiger partial charge in [0.1, 0.15) is 18.2 Å². The monoisotopic (exact) mass is 515 g/mol. The van der Waals surface area contributed by atoms with Gasteiger partial charge in [-0.3, -0.25) is 4.99 Å². The van der Waals surface area contributed by atoms with E-state index in [-0.39, 0.29) is 42.1 Å². The molecule has 6 nitrogen and oxygen atoms in total. The number of hydrogen-bond acceptors (Lipinski definition) is 4. The van der Waals surface area contributed by atoms with Crippen LogP contribution in [0.25, 0.3) is 0 Å². The first-order chi connectivity index (χ1) is 12.1. The predicted octanol–water partition coefficient (Wildman–Crippen LogP) is 2.93. The van der Waals surface area contributed by atoms with Crippen molar-refractivity contribution in [2.24, 2.45) is 4.99 Å². The fourth-order valence-electron chi connectivity index (χ4n) is 1.98. The van der Waals surface area contributed by atoms with E-state index in [0.29, 0.717) is 31.4 Å². The number of ether oxygens (including phenoxy) is 1. The Morgan fingerprint density at radius 2 is 1.85 bits per heavy atom. The molecule has 1 aromatic carbocycles. The molecule has 0 saturated carbocycles. The van der Waals surface area contributed by atoms with Crippen LogP contribution in [0.5, 0.6) is 5.75 Å². The molecule has 0 spiro atoms. The first-order valence-electron chi connectivity index (χ1n) is 8.67. The quantitative estimate of drug-likeness (QED) is 0.328. The maximum atomic E-state index is 12.9. The van der Waals surface area contributed by atoms with Crippen molar-refractivity contribution in [3.63, 3.8) is 0 Å². The van der Waals surface area contributed by atoms with Crippen LogP contribution >= 0.6 is 24.0 Å². The molecule has 1 aromatic rings. The molecule has 27 heavy (non-hydrogen) atoms. The number of guanidine groups is 1. The van der Waals surface area contributed by atoms with Crippen LogP contribution in [0.4, 0.5) is 4.39 Å². The molecule has 0 heterocycles. The van der Waals surface area contributed by atoms with Crippen LogP contribution in [0.1, 0.15) is 27.7 Å². The largest absolute Gasteiger partial charge is 0.492 e. The average molecular weight is 515 g/mol. The molecule has 0 fully saturated rings. The highest BCUT2D eigenvalue weighted by molar-refractivity contribution is 14.0. The molecule has 0 aromatic heterocycles. The van der Waals surface area contributed by atoms with Crippen LogP contribution in [-0.4, -0.2) is 63.1 Å². The van der Waals surface area contributed by atoms with Gasteiger partial charge >= 0.3 is 0 Å². The van der Waals surface area contributed by atoms with Gasteiger partial charge in [0.2, 0.25) is 0 Å².